The molecule has 4 rings (SSSR count). The van der Waals surface area contributed by atoms with Crippen molar-refractivity contribution in [3.8, 4) is 0 Å². The van der Waals surface area contributed by atoms with Crippen molar-refractivity contribution in [1.29, 1.82) is 0 Å². The fourth-order valence-electron chi connectivity index (χ4n) is 2.80. The van der Waals surface area contributed by atoms with E-state index in [2.05, 4.69) is 20.3 Å². The van der Waals surface area contributed by atoms with Gasteiger partial charge in [-0.15, -0.1) is 0 Å². The van der Waals surface area contributed by atoms with Crippen molar-refractivity contribution in [1.82, 2.24) is 14.8 Å². The highest BCUT2D eigenvalue weighted by molar-refractivity contribution is 7.22. The fourth-order valence-corrected chi connectivity index (χ4v) is 3.86. The van der Waals surface area contributed by atoms with Crippen molar-refractivity contribution in [3.63, 3.8) is 0 Å². The number of amides is 1. The largest absolute Gasteiger partial charge is 0.378 e. The van der Waals surface area contributed by atoms with Gasteiger partial charge in [-0.1, -0.05) is 11.3 Å². The zero-order valence-electron chi connectivity index (χ0n) is 14.3. The Kier molecular flexibility index (Phi) is 4.73. The second-order valence-electron chi connectivity index (χ2n) is 6.06. The third-order valence-electron chi connectivity index (χ3n) is 4.13. The van der Waals surface area contributed by atoms with Crippen LogP contribution in [0.5, 0.6) is 0 Å². The lowest BCUT2D eigenvalue weighted by atomic mass is 10.3. The van der Waals surface area contributed by atoms with E-state index < -0.39 is 17.0 Å². The van der Waals surface area contributed by atoms with Crippen LogP contribution in [0.25, 0.3) is 10.2 Å². The Morgan fingerprint density at radius 2 is 2.04 bits per heavy atom. The minimum Gasteiger partial charge on any atom is -0.378 e. The quantitative estimate of drug-likeness (QED) is 0.679. The molecule has 27 heavy (non-hydrogen) atoms. The van der Waals surface area contributed by atoms with Crippen LogP contribution in [0.3, 0.4) is 0 Å². The van der Waals surface area contributed by atoms with Gasteiger partial charge in [0.2, 0.25) is 5.91 Å². The normalized spacial score (nSPS) is 14.4. The number of rotatable bonds is 4. The Balaban J connectivity index is 1.50. The van der Waals surface area contributed by atoms with Crippen LogP contribution in [-0.4, -0.2) is 47.0 Å². The van der Waals surface area contributed by atoms with Gasteiger partial charge in [0.25, 0.3) is 11.1 Å². The molecule has 10 heteroatoms. The minimum atomic E-state index is -0.446. The summed E-state index contributed by atoms with van der Waals surface area (Å²) in [5, 5.41) is 6.00. The highest BCUT2D eigenvalue weighted by Gasteiger charge is 2.16. The molecule has 140 valence electrons. The van der Waals surface area contributed by atoms with E-state index in [0.717, 1.165) is 45.3 Å². The molecule has 0 unspecified atom stereocenters. The Bertz CT molecular complexity index is 1100. The van der Waals surface area contributed by atoms with Crippen LogP contribution in [-0.2, 0) is 16.1 Å². The van der Waals surface area contributed by atoms with Crippen molar-refractivity contribution < 1.29 is 9.53 Å². The SMILES string of the molecule is O=C(Cn1[nH]c(=O)ccc1=O)Nc1ccc2nc(N3CCOCC3)sc2c1. The van der Waals surface area contributed by atoms with Crippen LogP contribution in [0.1, 0.15) is 0 Å². The van der Waals surface area contributed by atoms with Crippen LogP contribution in [0.2, 0.25) is 0 Å². The van der Waals surface area contributed by atoms with Crippen LogP contribution in [0, 0.1) is 0 Å². The molecule has 0 atom stereocenters. The van der Waals surface area contributed by atoms with Crippen molar-refractivity contribution in [2.75, 3.05) is 36.5 Å². The molecule has 1 saturated heterocycles. The van der Waals surface area contributed by atoms with Crippen LogP contribution in [0.15, 0.2) is 39.9 Å². The van der Waals surface area contributed by atoms with E-state index in [4.69, 9.17) is 4.74 Å². The minimum absolute atomic E-state index is 0.269. The molecule has 0 aliphatic carbocycles. The smallest absolute Gasteiger partial charge is 0.265 e. The Hall–Kier alpha value is -2.98. The number of anilines is 2. The van der Waals surface area contributed by atoms with Gasteiger partial charge in [-0.25, -0.2) is 9.67 Å². The van der Waals surface area contributed by atoms with Gasteiger partial charge in [0, 0.05) is 30.9 Å². The molecule has 0 saturated carbocycles. The summed E-state index contributed by atoms with van der Waals surface area (Å²) >= 11 is 1.56. The molecule has 1 fully saturated rings. The number of nitrogens with zero attached hydrogens (tertiary/aromatic N) is 3. The standard InChI is InChI=1S/C17H17N5O4S/c23-14-3-4-16(25)22(20-14)10-15(24)18-11-1-2-12-13(9-11)27-17(19-12)21-5-7-26-8-6-21/h1-4,9H,5-8,10H2,(H,18,24)(H,20,23). The van der Waals surface area contributed by atoms with Gasteiger partial charge < -0.3 is 15.0 Å². The average Bonchev–Trinajstić information content (AvgIpc) is 3.09. The maximum Gasteiger partial charge on any atom is 0.265 e. The molecule has 0 radical (unpaired) electrons. The number of aromatic nitrogens is 3. The van der Waals surface area contributed by atoms with Crippen molar-refractivity contribution in [2.45, 2.75) is 6.54 Å². The number of morpholine rings is 1. The molecule has 0 spiro atoms. The van der Waals surface area contributed by atoms with E-state index in [1.54, 1.807) is 17.4 Å². The molecule has 1 aromatic carbocycles. The molecule has 1 amide bonds. The zero-order chi connectivity index (χ0) is 18.8. The second kappa shape index (κ2) is 7.33. The van der Waals surface area contributed by atoms with Crippen LogP contribution >= 0.6 is 11.3 Å². The van der Waals surface area contributed by atoms with Crippen LogP contribution < -0.4 is 21.3 Å². The molecule has 9 nitrogen and oxygen atoms in total. The molecule has 1 aliphatic heterocycles. The Morgan fingerprint density at radius 1 is 1.22 bits per heavy atom. The summed E-state index contributed by atoms with van der Waals surface area (Å²) in [5.41, 5.74) is 0.584. The van der Waals surface area contributed by atoms with Gasteiger partial charge in [-0.2, -0.15) is 0 Å². The molecule has 0 bridgehead atoms. The number of aromatic amines is 1. The first-order valence-corrected chi connectivity index (χ1v) is 9.23. The first-order valence-electron chi connectivity index (χ1n) is 8.42. The topological polar surface area (TPSA) is 109 Å². The summed E-state index contributed by atoms with van der Waals surface area (Å²) in [6, 6.07) is 7.72. The molecule has 3 aromatic rings. The molecular formula is C17H17N5O4S. The highest BCUT2D eigenvalue weighted by atomic mass is 32.1. The third-order valence-corrected chi connectivity index (χ3v) is 5.21. The first-order chi connectivity index (χ1) is 13.1. The highest BCUT2D eigenvalue weighted by Crippen LogP contribution is 2.31. The summed E-state index contributed by atoms with van der Waals surface area (Å²) in [4.78, 5) is 42.0. The van der Waals surface area contributed by atoms with Crippen molar-refractivity contribution >= 4 is 38.3 Å². The fraction of sp³-hybridized carbons (Fsp3) is 0.294. The number of carbonyl (C=O) groups excluding carboxylic acids is 1. The predicted molar refractivity (Wildman–Crippen MR) is 103 cm³/mol. The number of hydrogen-bond acceptors (Lipinski definition) is 7. The predicted octanol–water partition coefficient (Wildman–Crippen LogP) is 0.622. The van der Waals surface area contributed by atoms with E-state index in [-0.39, 0.29) is 6.54 Å². The summed E-state index contributed by atoms with van der Waals surface area (Å²) in [6.45, 7) is 2.74. The van der Waals surface area contributed by atoms with Gasteiger partial charge in [0.15, 0.2) is 5.13 Å². The lowest BCUT2D eigenvalue weighted by Crippen LogP contribution is -2.36. The third kappa shape index (κ3) is 3.91. The lowest BCUT2D eigenvalue weighted by Gasteiger charge is -2.25. The number of ether oxygens (including phenoxy) is 1. The van der Waals surface area contributed by atoms with Gasteiger partial charge in [-0.05, 0) is 18.2 Å². The molecule has 3 heterocycles. The van der Waals surface area contributed by atoms with E-state index in [0.29, 0.717) is 18.9 Å². The molecule has 2 aromatic heterocycles. The van der Waals surface area contributed by atoms with Crippen LogP contribution in [0.4, 0.5) is 10.8 Å². The number of H-pyrrole nitrogens is 1. The number of benzene rings is 1. The van der Waals surface area contributed by atoms with Gasteiger partial charge in [-0.3, -0.25) is 19.5 Å². The molecule has 1 aliphatic rings. The number of thiazole rings is 1. The van der Waals surface area contributed by atoms with Crippen molar-refractivity contribution in [2.24, 2.45) is 0 Å². The molecule has 2 N–H and O–H groups in total. The maximum absolute atomic E-state index is 12.2. The lowest BCUT2D eigenvalue weighted by molar-refractivity contribution is -0.117. The number of fused-ring (bicyclic) bond motifs is 1. The monoisotopic (exact) mass is 387 g/mol. The van der Waals surface area contributed by atoms with Gasteiger partial charge >= 0.3 is 0 Å². The van der Waals surface area contributed by atoms with E-state index in [9.17, 15) is 14.4 Å². The Labute approximate surface area is 157 Å². The van der Waals surface area contributed by atoms with E-state index in [1.165, 1.54) is 0 Å². The van der Waals surface area contributed by atoms with E-state index in [1.807, 2.05) is 12.1 Å². The zero-order valence-corrected chi connectivity index (χ0v) is 15.1. The summed E-state index contributed by atoms with van der Waals surface area (Å²) in [5.74, 6) is -0.406. The summed E-state index contributed by atoms with van der Waals surface area (Å²) in [6.07, 6.45) is 0. The van der Waals surface area contributed by atoms with Crippen molar-refractivity contribution in [3.05, 3.63) is 51.0 Å². The first kappa shape index (κ1) is 17.4. The van der Waals surface area contributed by atoms with Gasteiger partial charge in [0.1, 0.15) is 6.54 Å². The second-order valence-corrected chi connectivity index (χ2v) is 7.07. The Morgan fingerprint density at radius 3 is 2.85 bits per heavy atom. The number of hydrogen-bond donors (Lipinski definition) is 2. The number of nitrogens with one attached hydrogen (secondary N) is 2. The summed E-state index contributed by atoms with van der Waals surface area (Å²) < 4.78 is 7.29. The maximum atomic E-state index is 12.2. The average molecular weight is 387 g/mol. The van der Waals surface area contributed by atoms with Gasteiger partial charge in [0.05, 0.1) is 23.4 Å². The van der Waals surface area contributed by atoms with E-state index >= 15 is 0 Å². The summed E-state index contributed by atoms with van der Waals surface area (Å²) in [7, 11) is 0. The molecular weight excluding hydrogens is 370 g/mol. The number of carbonyl (C=O) groups is 1.